The molecular formula is C16H18FN3O3. The largest absolute Gasteiger partial charge is 0.496 e. The Kier molecular flexibility index (Phi) is 4.22. The summed E-state index contributed by atoms with van der Waals surface area (Å²) in [5.74, 6) is -1.34. The average molecular weight is 319 g/mol. The van der Waals surface area contributed by atoms with Gasteiger partial charge in [-0.05, 0) is 17.5 Å². The minimum absolute atomic E-state index is 0.0363. The number of benzene rings is 1. The van der Waals surface area contributed by atoms with E-state index < -0.39 is 17.1 Å². The fourth-order valence-electron chi connectivity index (χ4n) is 2.21. The van der Waals surface area contributed by atoms with Gasteiger partial charge in [0.15, 0.2) is 0 Å². The van der Waals surface area contributed by atoms with E-state index >= 15 is 0 Å². The zero-order valence-corrected chi connectivity index (χ0v) is 13.4. The Labute approximate surface area is 132 Å². The third-order valence-electron chi connectivity index (χ3n) is 3.44. The van der Waals surface area contributed by atoms with E-state index in [0.717, 1.165) is 6.07 Å². The van der Waals surface area contributed by atoms with Gasteiger partial charge in [-0.1, -0.05) is 20.8 Å². The van der Waals surface area contributed by atoms with Crippen LogP contribution in [0.4, 0.5) is 4.39 Å². The number of nitrogens with one attached hydrogen (secondary N) is 1. The van der Waals surface area contributed by atoms with Crippen molar-refractivity contribution in [3.63, 3.8) is 0 Å². The predicted molar refractivity (Wildman–Crippen MR) is 84.0 cm³/mol. The van der Waals surface area contributed by atoms with Crippen LogP contribution >= 0.6 is 0 Å². The van der Waals surface area contributed by atoms with Crippen LogP contribution in [0.15, 0.2) is 23.0 Å². The SMILES string of the molecule is COc1cc(F)c(-c2cc(C(C)(C)C)c(=O)[nH]n2)cc1C(N)=O. The predicted octanol–water partition coefficient (Wildman–Crippen LogP) is 1.98. The number of H-pyrrole nitrogens is 1. The molecule has 0 fully saturated rings. The molecule has 2 rings (SSSR count). The Balaban J connectivity index is 2.70. The molecule has 0 saturated carbocycles. The van der Waals surface area contributed by atoms with Gasteiger partial charge in [-0.25, -0.2) is 9.49 Å². The molecule has 1 heterocycles. The van der Waals surface area contributed by atoms with Crippen LogP contribution in [0, 0.1) is 5.82 Å². The summed E-state index contributed by atoms with van der Waals surface area (Å²) >= 11 is 0. The maximum absolute atomic E-state index is 14.3. The zero-order chi connectivity index (χ0) is 17.4. The van der Waals surface area contributed by atoms with Crippen molar-refractivity contribution >= 4 is 5.91 Å². The van der Waals surface area contributed by atoms with Gasteiger partial charge in [0.1, 0.15) is 11.6 Å². The molecule has 0 saturated heterocycles. The van der Waals surface area contributed by atoms with E-state index in [2.05, 4.69) is 10.2 Å². The van der Waals surface area contributed by atoms with Crippen molar-refractivity contribution in [1.82, 2.24) is 10.2 Å². The Bertz CT molecular complexity index is 822. The lowest BCUT2D eigenvalue weighted by atomic mass is 9.87. The summed E-state index contributed by atoms with van der Waals surface area (Å²) in [6.45, 7) is 5.59. The van der Waals surface area contributed by atoms with Crippen molar-refractivity contribution in [2.24, 2.45) is 5.73 Å². The number of methoxy groups -OCH3 is 1. The molecule has 122 valence electrons. The van der Waals surface area contributed by atoms with Crippen LogP contribution < -0.4 is 16.0 Å². The van der Waals surface area contributed by atoms with Crippen LogP contribution in [0.1, 0.15) is 36.7 Å². The number of nitrogens with zero attached hydrogens (tertiary/aromatic N) is 1. The summed E-state index contributed by atoms with van der Waals surface area (Å²) in [6.07, 6.45) is 0. The summed E-state index contributed by atoms with van der Waals surface area (Å²) in [7, 11) is 1.32. The first-order valence-corrected chi connectivity index (χ1v) is 6.93. The molecule has 0 aliphatic heterocycles. The molecule has 1 aromatic carbocycles. The van der Waals surface area contributed by atoms with Gasteiger partial charge in [0.25, 0.3) is 11.5 Å². The van der Waals surface area contributed by atoms with Crippen molar-refractivity contribution in [2.45, 2.75) is 26.2 Å². The number of rotatable bonds is 3. The molecule has 7 heteroatoms. The highest BCUT2D eigenvalue weighted by Gasteiger charge is 2.21. The van der Waals surface area contributed by atoms with E-state index in [4.69, 9.17) is 10.5 Å². The summed E-state index contributed by atoms with van der Waals surface area (Å²) in [6, 6.07) is 3.84. The van der Waals surface area contributed by atoms with Gasteiger partial charge in [-0.2, -0.15) is 5.10 Å². The summed E-state index contributed by atoms with van der Waals surface area (Å²) in [5, 5.41) is 6.23. The van der Waals surface area contributed by atoms with Gasteiger partial charge in [-0.15, -0.1) is 0 Å². The lowest BCUT2D eigenvalue weighted by Gasteiger charge is -2.18. The Morgan fingerprint density at radius 1 is 1.30 bits per heavy atom. The van der Waals surface area contributed by atoms with Gasteiger partial charge in [0.05, 0.1) is 18.4 Å². The molecule has 1 amide bonds. The number of hydrogen-bond donors (Lipinski definition) is 2. The van der Waals surface area contributed by atoms with E-state index in [1.165, 1.54) is 19.2 Å². The highest BCUT2D eigenvalue weighted by atomic mass is 19.1. The lowest BCUT2D eigenvalue weighted by Crippen LogP contribution is -2.25. The second kappa shape index (κ2) is 5.83. The van der Waals surface area contributed by atoms with Crippen LogP contribution in [0.3, 0.4) is 0 Å². The number of carbonyl (C=O) groups excluding carboxylic acids is 1. The molecule has 23 heavy (non-hydrogen) atoms. The maximum Gasteiger partial charge on any atom is 0.267 e. The number of amides is 1. The van der Waals surface area contributed by atoms with Gasteiger partial charge in [0.2, 0.25) is 0 Å². The Hall–Kier alpha value is -2.70. The molecule has 0 bridgehead atoms. The summed E-state index contributed by atoms with van der Waals surface area (Å²) in [5.41, 5.74) is 5.26. The van der Waals surface area contributed by atoms with Crippen molar-refractivity contribution in [3.8, 4) is 17.0 Å². The van der Waals surface area contributed by atoms with Gasteiger partial charge in [-0.3, -0.25) is 9.59 Å². The fraction of sp³-hybridized carbons (Fsp3) is 0.312. The number of ether oxygens (including phenoxy) is 1. The van der Waals surface area contributed by atoms with E-state index in [0.29, 0.717) is 5.56 Å². The number of hydrogen-bond acceptors (Lipinski definition) is 4. The first-order valence-electron chi connectivity index (χ1n) is 6.93. The number of halogens is 1. The number of aromatic nitrogens is 2. The lowest BCUT2D eigenvalue weighted by molar-refractivity contribution is 0.0997. The molecule has 2 aromatic rings. The molecule has 6 nitrogen and oxygen atoms in total. The molecule has 0 unspecified atom stereocenters. The molecule has 1 aromatic heterocycles. The minimum atomic E-state index is -0.747. The Morgan fingerprint density at radius 3 is 2.48 bits per heavy atom. The molecule has 0 radical (unpaired) electrons. The number of nitrogens with two attached hydrogens (primary N) is 1. The van der Waals surface area contributed by atoms with Gasteiger partial charge >= 0.3 is 0 Å². The van der Waals surface area contributed by atoms with E-state index in [1.807, 2.05) is 20.8 Å². The third kappa shape index (κ3) is 3.23. The summed E-state index contributed by atoms with van der Waals surface area (Å²) in [4.78, 5) is 23.4. The standard InChI is InChI=1S/C16H18FN3O3/c1-16(2,3)10-6-12(19-20-15(10)22)8-5-9(14(18)21)13(23-4)7-11(8)17/h5-7H,1-4H3,(H2,18,21)(H,20,22). The van der Waals surface area contributed by atoms with Gasteiger partial charge in [0, 0.05) is 17.2 Å². The second-order valence-electron chi connectivity index (χ2n) is 6.14. The molecular weight excluding hydrogens is 301 g/mol. The van der Waals surface area contributed by atoms with Crippen molar-refractivity contribution in [3.05, 3.63) is 45.5 Å². The monoisotopic (exact) mass is 319 g/mol. The highest BCUT2D eigenvalue weighted by Crippen LogP contribution is 2.30. The molecule has 0 atom stereocenters. The smallest absolute Gasteiger partial charge is 0.267 e. The third-order valence-corrected chi connectivity index (χ3v) is 3.44. The first kappa shape index (κ1) is 16.7. The number of aromatic amines is 1. The first-order chi connectivity index (χ1) is 10.6. The van der Waals surface area contributed by atoms with Gasteiger partial charge < -0.3 is 10.5 Å². The van der Waals surface area contributed by atoms with Crippen molar-refractivity contribution < 1.29 is 13.9 Å². The average Bonchev–Trinajstić information content (AvgIpc) is 2.46. The highest BCUT2D eigenvalue weighted by molar-refractivity contribution is 5.97. The van der Waals surface area contributed by atoms with E-state index in [1.54, 1.807) is 0 Å². The maximum atomic E-state index is 14.3. The fourth-order valence-corrected chi connectivity index (χ4v) is 2.21. The summed E-state index contributed by atoms with van der Waals surface area (Å²) < 4.78 is 19.3. The number of carbonyl (C=O) groups is 1. The van der Waals surface area contributed by atoms with E-state index in [-0.39, 0.29) is 28.1 Å². The number of primary amides is 1. The van der Waals surface area contributed by atoms with E-state index in [9.17, 15) is 14.0 Å². The normalized spacial score (nSPS) is 11.3. The topological polar surface area (TPSA) is 98.1 Å². The molecule has 0 spiro atoms. The Morgan fingerprint density at radius 2 is 1.96 bits per heavy atom. The molecule has 3 N–H and O–H groups in total. The molecule has 0 aliphatic carbocycles. The second-order valence-corrected chi connectivity index (χ2v) is 6.14. The van der Waals surface area contributed by atoms with Crippen LogP contribution in [0.25, 0.3) is 11.3 Å². The molecule has 0 aliphatic rings. The van der Waals surface area contributed by atoms with Crippen LogP contribution in [-0.2, 0) is 5.41 Å². The van der Waals surface area contributed by atoms with Crippen molar-refractivity contribution in [2.75, 3.05) is 7.11 Å². The zero-order valence-electron chi connectivity index (χ0n) is 13.4. The van der Waals surface area contributed by atoms with Crippen LogP contribution in [0.2, 0.25) is 0 Å². The quantitative estimate of drug-likeness (QED) is 0.903. The van der Waals surface area contributed by atoms with Crippen LogP contribution in [-0.4, -0.2) is 23.2 Å². The van der Waals surface area contributed by atoms with Crippen LogP contribution in [0.5, 0.6) is 5.75 Å². The van der Waals surface area contributed by atoms with Crippen molar-refractivity contribution in [1.29, 1.82) is 0 Å². The minimum Gasteiger partial charge on any atom is -0.496 e.